The van der Waals surface area contributed by atoms with Crippen molar-refractivity contribution in [2.45, 2.75) is 46.0 Å². The Hall–Kier alpha value is -3.29. The van der Waals surface area contributed by atoms with E-state index >= 15 is 0 Å². The van der Waals surface area contributed by atoms with Crippen molar-refractivity contribution in [3.63, 3.8) is 0 Å². The van der Waals surface area contributed by atoms with Gasteiger partial charge in [-0.15, -0.1) is 0 Å². The third kappa shape index (κ3) is 4.90. The standard InChI is InChI=1S/C23H28N6O2/c1-14(2)22-24-11-17(12-25-22)23(31)29-8-4-5-16(13-29)9-21(30)28-18-6-7-19-20(10-18)27-15(3)26-19/h6-7,10-12,14,16H,4-5,8-9,13H2,1-3H3,(H,26,27)(H,28,30). The van der Waals surface area contributed by atoms with E-state index in [9.17, 15) is 9.59 Å². The van der Waals surface area contributed by atoms with Crippen LogP contribution in [0.4, 0.5) is 5.69 Å². The SMILES string of the molecule is Cc1nc2ccc(NC(=O)CC3CCCN(C(=O)c4cnc(C(C)C)nc4)C3)cc2[nH]1. The molecule has 0 spiro atoms. The zero-order chi connectivity index (χ0) is 22.0. The summed E-state index contributed by atoms with van der Waals surface area (Å²) >= 11 is 0. The molecule has 0 bridgehead atoms. The van der Waals surface area contributed by atoms with Gasteiger partial charge in [0.2, 0.25) is 5.91 Å². The summed E-state index contributed by atoms with van der Waals surface area (Å²) in [5, 5.41) is 2.97. The summed E-state index contributed by atoms with van der Waals surface area (Å²) in [6.07, 6.45) is 5.40. The fourth-order valence-electron chi connectivity index (χ4n) is 4.03. The number of likely N-dealkylation sites (tertiary alicyclic amines) is 1. The van der Waals surface area contributed by atoms with Crippen molar-refractivity contribution in [1.29, 1.82) is 0 Å². The third-order valence-electron chi connectivity index (χ3n) is 5.60. The molecule has 1 fully saturated rings. The lowest BCUT2D eigenvalue weighted by Crippen LogP contribution is -2.41. The Balaban J connectivity index is 1.35. The van der Waals surface area contributed by atoms with E-state index in [4.69, 9.17) is 0 Å². The van der Waals surface area contributed by atoms with Gasteiger partial charge in [-0.05, 0) is 43.9 Å². The fraction of sp³-hybridized carbons (Fsp3) is 0.435. The Morgan fingerprint density at radius 2 is 2.03 bits per heavy atom. The molecule has 0 radical (unpaired) electrons. The maximum Gasteiger partial charge on any atom is 0.256 e. The van der Waals surface area contributed by atoms with Gasteiger partial charge >= 0.3 is 0 Å². The summed E-state index contributed by atoms with van der Waals surface area (Å²) in [6.45, 7) is 7.20. The Morgan fingerprint density at radius 3 is 2.77 bits per heavy atom. The second kappa shape index (κ2) is 8.83. The van der Waals surface area contributed by atoms with Gasteiger partial charge in [-0.1, -0.05) is 13.8 Å². The zero-order valence-electron chi connectivity index (χ0n) is 18.2. The van der Waals surface area contributed by atoms with Crippen LogP contribution in [0.15, 0.2) is 30.6 Å². The number of carbonyl (C=O) groups is 2. The van der Waals surface area contributed by atoms with Gasteiger partial charge in [0.1, 0.15) is 11.6 Å². The molecule has 0 aliphatic carbocycles. The van der Waals surface area contributed by atoms with E-state index in [-0.39, 0.29) is 23.7 Å². The minimum absolute atomic E-state index is 0.0421. The van der Waals surface area contributed by atoms with E-state index in [0.29, 0.717) is 25.1 Å². The average molecular weight is 421 g/mol. The molecule has 2 amide bonds. The van der Waals surface area contributed by atoms with Crippen LogP contribution < -0.4 is 5.32 Å². The smallest absolute Gasteiger partial charge is 0.256 e. The fourth-order valence-corrected chi connectivity index (χ4v) is 4.03. The summed E-state index contributed by atoms with van der Waals surface area (Å²) in [7, 11) is 0. The summed E-state index contributed by atoms with van der Waals surface area (Å²) in [4.78, 5) is 43.4. The normalized spacial score (nSPS) is 16.6. The maximum absolute atomic E-state index is 12.9. The molecule has 1 saturated heterocycles. The van der Waals surface area contributed by atoms with Crippen LogP contribution in [0.1, 0.15) is 61.0 Å². The Morgan fingerprint density at radius 1 is 1.26 bits per heavy atom. The van der Waals surface area contributed by atoms with Crippen molar-refractivity contribution in [2.75, 3.05) is 18.4 Å². The predicted octanol–water partition coefficient (Wildman–Crippen LogP) is 3.67. The number of aromatic nitrogens is 4. The first-order valence-corrected chi connectivity index (χ1v) is 10.8. The number of amides is 2. The topological polar surface area (TPSA) is 104 Å². The summed E-state index contributed by atoms with van der Waals surface area (Å²) in [5.74, 6) is 1.81. The van der Waals surface area contributed by atoms with Crippen molar-refractivity contribution in [3.05, 3.63) is 47.8 Å². The molecule has 3 heterocycles. The molecule has 162 valence electrons. The molecule has 4 rings (SSSR count). The molecule has 2 N–H and O–H groups in total. The van der Waals surface area contributed by atoms with E-state index in [1.165, 1.54) is 0 Å². The second-order valence-corrected chi connectivity index (χ2v) is 8.55. The van der Waals surface area contributed by atoms with Crippen molar-refractivity contribution in [3.8, 4) is 0 Å². The van der Waals surface area contributed by atoms with E-state index < -0.39 is 0 Å². The first kappa shape index (κ1) is 21.0. The van der Waals surface area contributed by atoms with Gasteiger partial charge in [-0.3, -0.25) is 9.59 Å². The minimum Gasteiger partial charge on any atom is -0.342 e. The molecule has 0 saturated carbocycles. The molecule has 1 aliphatic heterocycles. The number of nitrogens with zero attached hydrogens (tertiary/aromatic N) is 4. The molecular weight excluding hydrogens is 392 g/mol. The predicted molar refractivity (Wildman–Crippen MR) is 119 cm³/mol. The lowest BCUT2D eigenvalue weighted by Gasteiger charge is -2.32. The van der Waals surface area contributed by atoms with Gasteiger partial charge in [0.25, 0.3) is 5.91 Å². The Labute approximate surface area is 181 Å². The molecule has 3 aromatic rings. The van der Waals surface area contributed by atoms with Crippen LogP contribution in [0.5, 0.6) is 0 Å². The maximum atomic E-state index is 12.9. The van der Waals surface area contributed by atoms with E-state index in [0.717, 1.165) is 41.2 Å². The van der Waals surface area contributed by atoms with Crippen molar-refractivity contribution >= 4 is 28.5 Å². The Bertz CT molecular complexity index is 1090. The molecule has 31 heavy (non-hydrogen) atoms. The number of benzene rings is 1. The molecule has 1 aliphatic rings. The largest absolute Gasteiger partial charge is 0.342 e. The van der Waals surface area contributed by atoms with Gasteiger partial charge in [0.15, 0.2) is 0 Å². The highest BCUT2D eigenvalue weighted by Gasteiger charge is 2.26. The van der Waals surface area contributed by atoms with Crippen LogP contribution in [-0.2, 0) is 4.79 Å². The second-order valence-electron chi connectivity index (χ2n) is 8.55. The van der Waals surface area contributed by atoms with Crippen LogP contribution in [0.2, 0.25) is 0 Å². The number of imidazole rings is 1. The van der Waals surface area contributed by atoms with Crippen molar-refractivity contribution in [2.24, 2.45) is 5.92 Å². The van der Waals surface area contributed by atoms with E-state index in [1.807, 2.05) is 43.9 Å². The minimum atomic E-state index is -0.0690. The zero-order valence-corrected chi connectivity index (χ0v) is 18.2. The van der Waals surface area contributed by atoms with E-state index in [2.05, 4.69) is 25.3 Å². The Kier molecular flexibility index (Phi) is 5.97. The molecule has 8 nitrogen and oxygen atoms in total. The number of aromatic amines is 1. The summed E-state index contributed by atoms with van der Waals surface area (Å²) in [5.41, 5.74) is 3.02. The number of carbonyl (C=O) groups excluding carboxylic acids is 2. The van der Waals surface area contributed by atoms with Crippen molar-refractivity contribution in [1.82, 2.24) is 24.8 Å². The number of H-pyrrole nitrogens is 1. The van der Waals surface area contributed by atoms with Gasteiger partial charge in [0, 0.05) is 43.5 Å². The number of piperidine rings is 1. The van der Waals surface area contributed by atoms with Gasteiger partial charge in [0.05, 0.1) is 16.6 Å². The number of hydrogen-bond donors (Lipinski definition) is 2. The molecule has 1 aromatic carbocycles. The summed E-state index contributed by atoms with van der Waals surface area (Å²) in [6, 6.07) is 5.64. The monoisotopic (exact) mass is 420 g/mol. The van der Waals surface area contributed by atoms with Crippen LogP contribution in [0.3, 0.4) is 0 Å². The number of rotatable bonds is 5. The van der Waals surface area contributed by atoms with Crippen LogP contribution in [0, 0.1) is 12.8 Å². The molecular formula is C23H28N6O2. The highest BCUT2D eigenvalue weighted by molar-refractivity contribution is 5.94. The van der Waals surface area contributed by atoms with Crippen LogP contribution in [0.25, 0.3) is 11.0 Å². The van der Waals surface area contributed by atoms with E-state index in [1.54, 1.807) is 12.4 Å². The van der Waals surface area contributed by atoms with Crippen LogP contribution >= 0.6 is 0 Å². The van der Waals surface area contributed by atoms with Crippen molar-refractivity contribution < 1.29 is 9.59 Å². The van der Waals surface area contributed by atoms with Gasteiger partial charge in [-0.2, -0.15) is 0 Å². The third-order valence-corrected chi connectivity index (χ3v) is 5.60. The highest BCUT2D eigenvalue weighted by Crippen LogP contribution is 2.23. The molecule has 1 unspecified atom stereocenters. The molecule has 2 aromatic heterocycles. The van der Waals surface area contributed by atoms with Gasteiger partial charge in [-0.25, -0.2) is 15.0 Å². The number of fused-ring (bicyclic) bond motifs is 1. The lowest BCUT2D eigenvalue weighted by molar-refractivity contribution is -0.117. The first-order chi connectivity index (χ1) is 14.9. The highest BCUT2D eigenvalue weighted by atomic mass is 16.2. The number of aryl methyl sites for hydroxylation is 1. The average Bonchev–Trinajstić information content (AvgIpc) is 3.12. The number of nitrogens with one attached hydrogen (secondary N) is 2. The quantitative estimate of drug-likeness (QED) is 0.655. The lowest BCUT2D eigenvalue weighted by atomic mass is 9.94. The number of anilines is 1. The first-order valence-electron chi connectivity index (χ1n) is 10.8. The van der Waals surface area contributed by atoms with Gasteiger partial charge < -0.3 is 15.2 Å². The van der Waals surface area contributed by atoms with Crippen LogP contribution in [-0.4, -0.2) is 49.7 Å². The molecule has 1 atom stereocenters. The summed E-state index contributed by atoms with van der Waals surface area (Å²) < 4.78 is 0. The number of hydrogen-bond acceptors (Lipinski definition) is 5. The molecule has 8 heteroatoms.